The van der Waals surface area contributed by atoms with Gasteiger partial charge in [0, 0.05) is 6.54 Å². The van der Waals surface area contributed by atoms with Crippen LogP contribution in [-0.2, 0) is 9.31 Å². The van der Waals surface area contributed by atoms with Crippen LogP contribution in [0.1, 0.15) is 33.3 Å². The predicted octanol–water partition coefficient (Wildman–Crippen LogP) is 2.09. The van der Waals surface area contributed by atoms with Crippen LogP contribution in [0, 0.1) is 0 Å². The largest absolute Gasteiger partial charge is 0.491 e. The molecule has 1 fully saturated rings. The number of rotatable bonds is 4. The molecule has 2 rings (SSSR count). The van der Waals surface area contributed by atoms with Gasteiger partial charge in [0.05, 0.1) is 22.6 Å². The van der Waals surface area contributed by atoms with Crippen molar-refractivity contribution in [3.63, 3.8) is 0 Å². The molecular formula is C16H26BN3O2. The first kappa shape index (κ1) is 16.9. The van der Waals surface area contributed by atoms with Crippen molar-refractivity contribution in [2.45, 2.75) is 38.9 Å². The molecule has 0 bridgehead atoms. The van der Waals surface area contributed by atoms with Crippen molar-refractivity contribution in [1.82, 2.24) is 5.32 Å². The summed E-state index contributed by atoms with van der Waals surface area (Å²) >= 11 is 0. The van der Waals surface area contributed by atoms with Gasteiger partial charge in [-0.1, -0.05) is 18.2 Å². The minimum absolute atomic E-state index is 0.369. The quantitative estimate of drug-likeness (QED) is 0.586. The summed E-state index contributed by atoms with van der Waals surface area (Å²) in [4.78, 5) is 0. The number of hydrogen-bond donors (Lipinski definition) is 3. The van der Waals surface area contributed by atoms with E-state index >= 15 is 0 Å². The van der Waals surface area contributed by atoms with Crippen LogP contribution in [0.25, 0.3) is 6.08 Å². The average molecular weight is 303 g/mol. The van der Waals surface area contributed by atoms with Crippen LogP contribution in [0.4, 0.5) is 11.4 Å². The lowest BCUT2D eigenvalue weighted by molar-refractivity contribution is 0.00578. The molecule has 0 saturated carbocycles. The summed E-state index contributed by atoms with van der Waals surface area (Å²) in [6, 6.07) is 5.62. The zero-order chi connectivity index (χ0) is 16.5. The predicted molar refractivity (Wildman–Crippen MR) is 93.3 cm³/mol. The van der Waals surface area contributed by atoms with Gasteiger partial charge in [-0.3, -0.25) is 0 Å². The molecular weight excluding hydrogens is 277 g/mol. The van der Waals surface area contributed by atoms with Crippen molar-refractivity contribution in [3.05, 3.63) is 29.2 Å². The van der Waals surface area contributed by atoms with Crippen molar-refractivity contribution in [3.8, 4) is 0 Å². The second kappa shape index (κ2) is 5.95. The third-order valence-corrected chi connectivity index (χ3v) is 4.45. The first-order chi connectivity index (χ1) is 10.2. The molecule has 0 radical (unpaired) electrons. The molecule has 0 atom stereocenters. The Bertz CT molecular complexity index is 569. The Morgan fingerprint density at radius 2 is 1.77 bits per heavy atom. The zero-order valence-electron chi connectivity index (χ0n) is 14.1. The summed E-state index contributed by atoms with van der Waals surface area (Å²) in [6.07, 6.45) is 1.99. The molecule has 0 unspecified atom stereocenters. The van der Waals surface area contributed by atoms with Crippen LogP contribution in [0.15, 0.2) is 23.7 Å². The van der Waals surface area contributed by atoms with Gasteiger partial charge in [0.25, 0.3) is 0 Å². The maximum Gasteiger partial charge on any atom is 0.491 e. The smallest absolute Gasteiger partial charge is 0.400 e. The number of likely N-dealkylation sites (N-methyl/N-ethyl adjacent to an activating group) is 1. The molecule has 5 N–H and O–H groups in total. The van der Waals surface area contributed by atoms with Gasteiger partial charge < -0.3 is 26.1 Å². The highest BCUT2D eigenvalue weighted by atomic mass is 16.7. The van der Waals surface area contributed by atoms with Crippen molar-refractivity contribution < 1.29 is 9.31 Å². The van der Waals surface area contributed by atoms with Crippen LogP contribution in [0.3, 0.4) is 0 Å². The molecule has 0 aromatic heterocycles. The Kier molecular flexibility index (Phi) is 4.56. The Balaban J connectivity index is 2.35. The van der Waals surface area contributed by atoms with Gasteiger partial charge in [0.15, 0.2) is 0 Å². The molecule has 1 saturated heterocycles. The average Bonchev–Trinajstić information content (AvgIpc) is 2.63. The molecule has 120 valence electrons. The van der Waals surface area contributed by atoms with Gasteiger partial charge in [-0.25, -0.2) is 0 Å². The van der Waals surface area contributed by atoms with Gasteiger partial charge in [0.2, 0.25) is 0 Å². The number of benzene rings is 1. The maximum atomic E-state index is 6.12. The number of hydrogen-bond acceptors (Lipinski definition) is 5. The SMILES string of the molecule is CNCC(=Cc1cccc(N)c1N)B1OC(C)(C)C(C)(C)O1. The fraction of sp³-hybridized carbons (Fsp3) is 0.500. The van der Waals surface area contributed by atoms with E-state index in [9.17, 15) is 0 Å². The summed E-state index contributed by atoms with van der Waals surface area (Å²) in [7, 11) is 1.49. The summed E-state index contributed by atoms with van der Waals surface area (Å²) in [5.41, 5.74) is 14.2. The van der Waals surface area contributed by atoms with Crippen molar-refractivity contribution in [2.24, 2.45) is 0 Å². The van der Waals surface area contributed by atoms with Crippen LogP contribution >= 0.6 is 0 Å². The molecule has 0 aliphatic carbocycles. The topological polar surface area (TPSA) is 82.5 Å². The molecule has 1 aliphatic heterocycles. The standard InChI is InChI=1S/C16H26BN3O2/c1-15(2)16(3,4)22-17(21-15)12(10-20-5)9-11-7-6-8-13(18)14(11)19/h6-9,20H,10,18-19H2,1-5H3. The van der Waals surface area contributed by atoms with E-state index in [0.29, 0.717) is 17.9 Å². The van der Waals surface area contributed by atoms with E-state index in [1.54, 1.807) is 6.07 Å². The number of nitrogen functional groups attached to an aromatic ring is 2. The number of nitrogens with one attached hydrogen (secondary N) is 1. The molecule has 0 spiro atoms. The van der Waals surface area contributed by atoms with E-state index in [2.05, 4.69) is 5.32 Å². The van der Waals surface area contributed by atoms with Gasteiger partial charge in [-0.05, 0) is 51.8 Å². The van der Waals surface area contributed by atoms with Crippen LogP contribution in [0.2, 0.25) is 0 Å². The van der Waals surface area contributed by atoms with E-state index < -0.39 is 7.12 Å². The summed E-state index contributed by atoms with van der Waals surface area (Å²) in [6.45, 7) is 8.81. The fourth-order valence-corrected chi connectivity index (χ4v) is 2.33. The fourth-order valence-electron chi connectivity index (χ4n) is 2.33. The second-order valence-corrected chi connectivity index (χ2v) is 6.69. The number of nitrogens with two attached hydrogens (primary N) is 2. The molecule has 6 heteroatoms. The lowest BCUT2D eigenvalue weighted by atomic mass is 9.77. The number of para-hydroxylation sites is 1. The highest BCUT2D eigenvalue weighted by molar-refractivity contribution is 6.56. The van der Waals surface area contributed by atoms with Gasteiger partial charge in [-0.15, -0.1) is 0 Å². The maximum absolute atomic E-state index is 6.12. The molecule has 22 heavy (non-hydrogen) atoms. The Hall–Kier alpha value is -1.50. The lowest BCUT2D eigenvalue weighted by Gasteiger charge is -2.32. The monoisotopic (exact) mass is 303 g/mol. The number of anilines is 2. The summed E-state index contributed by atoms with van der Waals surface area (Å²) in [5, 5.41) is 3.15. The highest BCUT2D eigenvalue weighted by Gasteiger charge is 2.52. The molecule has 1 aromatic rings. The molecule has 1 aromatic carbocycles. The summed E-state index contributed by atoms with van der Waals surface area (Å²) in [5.74, 6) is 0. The lowest BCUT2D eigenvalue weighted by Crippen LogP contribution is -2.41. The van der Waals surface area contributed by atoms with Crippen molar-refractivity contribution in [1.29, 1.82) is 0 Å². The van der Waals surface area contributed by atoms with E-state index in [1.165, 1.54) is 0 Å². The molecule has 1 aliphatic rings. The van der Waals surface area contributed by atoms with Crippen LogP contribution in [-0.4, -0.2) is 31.9 Å². The Morgan fingerprint density at radius 3 is 2.32 bits per heavy atom. The highest BCUT2D eigenvalue weighted by Crippen LogP contribution is 2.39. The Labute approximate surface area is 133 Å². The van der Waals surface area contributed by atoms with E-state index in [4.69, 9.17) is 20.8 Å². The zero-order valence-corrected chi connectivity index (χ0v) is 14.1. The molecule has 1 heterocycles. The van der Waals surface area contributed by atoms with E-state index in [-0.39, 0.29) is 11.2 Å². The van der Waals surface area contributed by atoms with Gasteiger partial charge >= 0.3 is 7.12 Å². The summed E-state index contributed by atoms with van der Waals surface area (Å²) < 4.78 is 12.2. The van der Waals surface area contributed by atoms with E-state index in [0.717, 1.165) is 11.0 Å². The van der Waals surface area contributed by atoms with Gasteiger partial charge in [-0.2, -0.15) is 0 Å². The minimum Gasteiger partial charge on any atom is -0.400 e. The first-order valence-corrected chi connectivity index (χ1v) is 7.52. The normalized spacial score (nSPS) is 20.4. The van der Waals surface area contributed by atoms with E-state index in [1.807, 2.05) is 53.0 Å². The minimum atomic E-state index is -0.404. The molecule has 0 amide bonds. The third-order valence-electron chi connectivity index (χ3n) is 4.45. The second-order valence-electron chi connectivity index (χ2n) is 6.69. The molecule has 5 nitrogen and oxygen atoms in total. The van der Waals surface area contributed by atoms with Crippen molar-refractivity contribution in [2.75, 3.05) is 25.1 Å². The van der Waals surface area contributed by atoms with Crippen LogP contribution < -0.4 is 16.8 Å². The Morgan fingerprint density at radius 1 is 1.18 bits per heavy atom. The third kappa shape index (κ3) is 3.14. The van der Waals surface area contributed by atoms with Crippen LogP contribution in [0.5, 0.6) is 0 Å². The first-order valence-electron chi connectivity index (χ1n) is 7.52. The van der Waals surface area contributed by atoms with Crippen molar-refractivity contribution >= 4 is 24.6 Å². The van der Waals surface area contributed by atoms with Gasteiger partial charge in [0.1, 0.15) is 0 Å².